The number of carbonyl (C=O) groups excluding carboxylic acids is 4. The zero-order chi connectivity index (χ0) is 20.5. The third-order valence-electron chi connectivity index (χ3n) is 4.49. The monoisotopic (exact) mass is 396 g/mol. The van der Waals surface area contributed by atoms with Crippen molar-refractivity contribution in [1.82, 2.24) is 4.90 Å². The molecule has 2 aromatic rings. The highest BCUT2D eigenvalue weighted by atomic mass is 16.6. The number of fused-ring (bicyclic) bond motifs is 2. The molecule has 1 atom stereocenters. The van der Waals surface area contributed by atoms with Gasteiger partial charge < -0.3 is 19.5 Å². The number of amides is 3. The van der Waals surface area contributed by atoms with Crippen LogP contribution in [-0.2, 0) is 14.3 Å². The van der Waals surface area contributed by atoms with Crippen LogP contribution in [0, 0.1) is 0 Å². The Hall–Kier alpha value is -3.88. The molecule has 4 rings (SSSR count). The minimum atomic E-state index is -0.975. The summed E-state index contributed by atoms with van der Waals surface area (Å²) in [6, 6.07) is 11.3. The van der Waals surface area contributed by atoms with Crippen LogP contribution in [-0.4, -0.2) is 55.0 Å². The molecule has 0 aliphatic carbocycles. The van der Waals surface area contributed by atoms with Crippen LogP contribution in [0.2, 0.25) is 0 Å². The Morgan fingerprint density at radius 3 is 2.62 bits per heavy atom. The van der Waals surface area contributed by atoms with Gasteiger partial charge in [0, 0.05) is 12.7 Å². The molecule has 0 spiro atoms. The molecular weight excluding hydrogens is 380 g/mol. The second kappa shape index (κ2) is 7.27. The molecule has 1 unspecified atom stereocenters. The van der Waals surface area contributed by atoms with E-state index in [1.165, 1.54) is 25.2 Å². The molecule has 1 N–H and O–H groups in total. The van der Waals surface area contributed by atoms with E-state index in [2.05, 4.69) is 5.32 Å². The first-order valence-corrected chi connectivity index (χ1v) is 8.75. The molecule has 148 valence electrons. The van der Waals surface area contributed by atoms with Gasteiger partial charge in [-0.1, -0.05) is 12.1 Å². The molecule has 9 nitrogen and oxygen atoms in total. The molecule has 9 heteroatoms. The Labute approximate surface area is 165 Å². The Balaban J connectivity index is 1.33. The molecule has 2 heterocycles. The van der Waals surface area contributed by atoms with Crippen LogP contribution in [0.25, 0.3) is 0 Å². The second-order valence-corrected chi connectivity index (χ2v) is 6.45. The summed E-state index contributed by atoms with van der Waals surface area (Å²) in [5, 5.41) is 2.53. The van der Waals surface area contributed by atoms with Gasteiger partial charge in [-0.25, -0.2) is 4.79 Å². The van der Waals surface area contributed by atoms with Gasteiger partial charge in [0.25, 0.3) is 17.7 Å². The first-order chi connectivity index (χ1) is 13.9. The van der Waals surface area contributed by atoms with Gasteiger partial charge in [0.15, 0.2) is 18.1 Å². The molecule has 0 saturated heterocycles. The van der Waals surface area contributed by atoms with Gasteiger partial charge in [-0.2, -0.15) is 0 Å². The number of benzene rings is 2. The van der Waals surface area contributed by atoms with Crippen LogP contribution < -0.4 is 14.8 Å². The fraction of sp³-hybridized carbons (Fsp3) is 0.200. The summed E-state index contributed by atoms with van der Waals surface area (Å²) in [6.45, 7) is -0.559. The Bertz CT molecular complexity index is 1030. The number of para-hydroxylation sites is 2. The average molecular weight is 396 g/mol. The number of nitrogens with zero attached hydrogens (tertiary/aromatic N) is 1. The predicted molar refractivity (Wildman–Crippen MR) is 98.8 cm³/mol. The Morgan fingerprint density at radius 2 is 1.83 bits per heavy atom. The summed E-state index contributed by atoms with van der Waals surface area (Å²) >= 11 is 0. The second-order valence-electron chi connectivity index (χ2n) is 6.45. The molecule has 0 radical (unpaired) electrons. The summed E-state index contributed by atoms with van der Waals surface area (Å²) in [6.07, 6.45) is -0.975. The molecule has 2 aliphatic heterocycles. The maximum Gasteiger partial charge on any atom is 0.351 e. The van der Waals surface area contributed by atoms with E-state index < -0.39 is 36.4 Å². The molecule has 0 aromatic heterocycles. The smallest absolute Gasteiger partial charge is 0.351 e. The Morgan fingerprint density at radius 1 is 1.10 bits per heavy atom. The van der Waals surface area contributed by atoms with Gasteiger partial charge in [-0.15, -0.1) is 0 Å². The highest BCUT2D eigenvalue weighted by molar-refractivity contribution is 6.21. The summed E-state index contributed by atoms with van der Waals surface area (Å²) in [5.41, 5.74) is 0.794. The number of ether oxygens (including phenoxy) is 3. The zero-order valence-corrected chi connectivity index (χ0v) is 15.3. The third-order valence-corrected chi connectivity index (χ3v) is 4.49. The zero-order valence-electron chi connectivity index (χ0n) is 15.3. The number of rotatable bonds is 4. The van der Waals surface area contributed by atoms with Gasteiger partial charge in [-0.3, -0.25) is 19.3 Å². The van der Waals surface area contributed by atoms with Crippen molar-refractivity contribution in [3.63, 3.8) is 0 Å². The molecule has 3 amide bonds. The van der Waals surface area contributed by atoms with Crippen LogP contribution in [0.15, 0.2) is 42.5 Å². The normalized spacial score (nSPS) is 17.0. The lowest BCUT2D eigenvalue weighted by molar-refractivity contribution is -0.156. The van der Waals surface area contributed by atoms with Crippen molar-refractivity contribution in [3.8, 4) is 11.5 Å². The summed E-state index contributed by atoms with van der Waals surface area (Å²) in [7, 11) is 1.39. The number of esters is 1. The number of imide groups is 1. The van der Waals surface area contributed by atoms with Crippen molar-refractivity contribution < 1.29 is 33.4 Å². The van der Waals surface area contributed by atoms with E-state index in [9.17, 15) is 19.2 Å². The van der Waals surface area contributed by atoms with E-state index in [0.29, 0.717) is 17.2 Å². The van der Waals surface area contributed by atoms with Crippen molar-refractivity contribution >= 4 is 29.4 Å². The van der Waals surface area contributed by atoms with Crippen LogP contribution in [0.1, 0.15) is 20.7 Å². The Kier molecular flexibility index (Phi) is 4.63. The van der Waals surface area contributed by atoms with E-state index in [1.54, 1.807) is 24.3 Å². The average Bonchev–Trinajstić information content (AvgIpc) is 2.95. The first kappa shape index (κ1) is 18.5. The molecule has 0 saturated carbocycles. The van der Waals surface area contributed by atoms with Crippen molar-refractivity contribution in [2.24, 2.45) is 0 Å². The van der Waals surface area contributed by atoms with Gasteiger partial charge in [-0.05, 0) is 30.3 Å². The van der Waals surface area contributed by atoms with E-state index in [0.717, 1.165) is 4.90 Å². The minimum Gasteiger partial charge on any atom is -0.485 e. The molecule has 29 heavy (non-hydrogen) atoms. The minimum absolute atomic E-state index is 0.0219. The van der Waals surface area contributed by atoms with Crippen molar-refractivity contribution in [2.75, 3.05) is 25.6 Å². The third kappa shape index (κ3) is 3.49. The number of anilines is 1. The standard InChI is InChI=1S/C20H16N2O7/c1-22-18(24)12-7-6-11(8-13(12)19(22)25)21-17(23)10-28-20(26)16-9-27-14-4-2-3-5-15(14)29-16/h2-8,16H,9-10H2,1H3,(H,21,23). The van der Waals surface area contributed by atoms with Crippen LogP contribution in [0.4, 0.5) is 5.69 Å². The van der Waals surface area contributed by atoms with E-state index in [-0.39, 0.29) is 17.7 Å². The fourth-order valence-electron chi connectivity index (χ4n) is 3.00. The quantitative estimate of drug-likeness (QED) is 0.611. The van der Waals surface area contributed by atoms with E-state index >= 15 is 0 Å². The van der Waals surface area contributed by atoms with Crippen molar-refractivity contribution in [1.29, 1.82) is 0 Å². The predicted octanol–water partition coefficient (Wildman–Crippen LogP) is 1.23. The van der Waals surface area contributed by atoms with E-state index in [4.69, 9.17) is 14.2 Å². The number of hydrogen-bond acceptors (Lipinski definition) is 7. The SMILES string of the molecule is CN1C(=O)c2ccc(NC(=O)COC(=O)C3COc4ccccc4O3)cc2C1=O. The maximum absolute atomic E-state index is 12.1. The summed E-state index contributed by atoms with van der Waals surface area (Å²) in [4.78, 5) is 49.1. The lowest BCUT2D eigenvalue weighted by Gasteiger charge is -2.24. The topological polar surface area (TPSA) is 111 Å². The fourth-order valence-corrected chi connectivity index (χ4v) is 3.00. The highest BCUT2D eigenvalue weighted by Crippen LogP contribution is 2.31. The van der Waals surface area contributed by atoms with Crippen molar-refractivity contribution in [3.05, 3.63) is 53.6 Å². The number of nitrogens with one attached hydrogen (secondary N) is 1. The lowest BCUT2D eigenvalue weighted by atomic mass is 10.1. The van der Waals surface area contributed by atoms with Crippen LogP contribution >= 0.6 is 0 Å². The first-order valence-electron chi connectivity index (χ1n) is 8.75. The van der Waals surface area contributed by atoms with Gasteiger partial charge in [0.1, 0.15) is 6.61 Å². The summed E-state index contributed by atoms with van der Waals surface area (Å²) in [5.74, 6) is -1.21. The number of carbonyl (C=O) groups is 4. The summed E-state index contributed by atoms with van der Waals surface area (Å²) < 4.78 is 16.0. The van der Waals surface area contributed by atoms with Gasteiger partial charge in [0.2, 0.25) is 6.10 Å². The molecule has 2 aromatic carbocycles. The van der Waals surface area contributed by atoms with E-state index in [1.807, 2.05) is 0 Å². The number of hydrogen-bond donors (Lipinski definition) is 1. The van der Waals surface area contributed by atoms with Gasteiger partial charge in [0.05, 0.1) is 11.1 Å². The van der Waals surface area contributed by atoms with Crippen molar-refractivity contribution in [2.45, 2.75) is 6.10 Å². The van der Waals surface area contributed by atoms with Crippen LogP contribution in [0.3, 0.4) is 0 Å². The van der Waals surface area contributed by atoms with Crippen LogP contribution in [0.5, 0.6) is 11.5 Å². The molecule has 0 bridgehead atoms. The molecular formula is C20H16N2O7. The van der Waals surface area contributed by atoms with Gasteiger partial charge >= 0.3 is 5.97 Å². The molecule has 2 aliphatic rings. The lowest BCUT2D eigenvalue weighted by Crippen LogP contribution is -2.39. The highest BCUT2D eigenvalue weighted by Gasteiger charge is 2.33. The largest absolute Gasteiger partial charge is 0.485 e. The molecule has 0 fully saturated rings. The maximum atomic E-state index is 12.1.